The van der Waals surface area contributed by atoms with Crippen LogP contribution in [0.15, 0.2) is 24.3 Å². The first kappa shape index (κ1) is 20.2. The number of hydrogen-bond donors (Lipinski definition) is 8. The Morgan fingerprint density at radius 3 is 2.32 bits per heavy atom. The van der Waals surface area contributed by atoms with E-state index < -0.39 is 23.9 Å². The highest BCUT2D eigenvalue weighted by atomic mass is 16.5. The van der Waals surface area contributed by atoms with Crippen molar-refractivity contribution in [2.75, 3.05) is 6.54 Å². The van der Waals surface area contributed by atoms with Gasteiger partial charge in [0.1, 0.15) is 17.8 Å². The van der Waals surface area contributed by atoms with Gasteiger partial charge in [-0.2, -0.15) is 5.48 Å². The molecule has 0 aliphatic carbocycles. The smallest absolute Gasteiger partial charge is 0.240 e. The topological polar surface area (TPSA) is 187 Å². The second-order valence-electron chi connectivity index (χ2n) is 5.50. The molecule has 0 radical (unpaired) electrons. The van der Waals surface area contributed by atoms with Crippen LogP contribution in [0.3, 0.4) is 0 Å². The van der Waals surface area contributed by atoms with Crippen LogP contribution in [0.5, 0.6) is 5.75 Å². The molecule has 0 aliphatic rings. The quantitative estimate of drug-likeness (QED) is 0.109. The predicted molar refractivity (Wildman–Crippen MR) is 90.8 cm³/mol. The summed E-state index contributed by atoms with van der Waals surface area (Å²) in [6, 6.07) is 4.28. The summed E-state index contributed by atoms with van der Waals surface area (Å²) in [6.45, 7) is 0.369. The van der Waals surface area contributed by atoms with Crippen LogP contribution >= 0.6 is 0 Å². The van der Waals surface area contributed by atoms with Gasteiger partial charge in [-0.05, 0) is 30.5 Å². The van der Waals surface area contributed by atoms with E-state index in [1.165, 1.54) is 12.1 Å². The maximum absolute atomic E-state index is 12.2. The summed E-state index contributed by atoms with van der Waals surface area (Å²) in [5.74, 6) is -1.38. The van der Waals surface area contributed by atoms with Gasteiger partial charge < -0.3 is 32.4 Å². The zero-order chi connectivity index (χ0) is 18.8. The normalized spacial score (nSPS) is 12.8. The molecule has 25 heavy (non-hydrogen) atoms. The number of rotatable bonds is 10. The minimum atomic E-state index is -0.955. The molecular formula is C15H24N6O4. The van der Waals surface area contributed by atoms with Crippen LogP contribution in [-0.4, -0.2) is 46.7 Å². The maximum Gasteiger partial charge on any atom is 0.240 e. The van der Waals surface area contributed by atoms with Crippen LogP contribution in [0.25, 0.3) is 0 Å². The number of phenolic OH excluding ortho intramolecular Hbond substituents is 1. The molecule has 0 bridgehead atoms. The first-order chi connectivity index (χ1) is 11.8. The van der Waals surface area contributed by atoms with Crippen molar-refractivity contribution in [1.82, 2.24) is 16.1 Å². The molecule has 0 spiro atoms. The van der Waals surface area contributed by atoms with Crippen molar-refractivity contribution in [3.8, 4) is 5.75 Å². The van der Waals surface area contributed by atoms with Crippen molar-refractivity contribution in [1.29, 1.82) is 5.41 Å². The van der Waals surface area contributed by atoms with Gasteiger partial charge in [0.15, 0.2) is 5.96 Å². The predicted octanol–water partition coefficient (Wildman–Crippen LogP) is -1.48. The van der Waals surface area contributed by atoms with E-state index in [9.17, 15) is 14.7 Å². The molecule has 0 aliphatic heterocycles. The molecule has 2 atom stereocenters. The molecule has 0 saturated carbocycles. The van der Waals surface area contributed by atoms with E-state index in [0.717, 1.165) is 0 Å². The summed E-state index contributed by atoms with van der Waals surface area (Å²) in [5, 5.41) is 30.5. The van der Waals surface area contributed by atoms with Crippen molar-refractivity contribution >= 4 is 17.8 Å². The number of nitrogens with one attached hydrogen (secondary N) is 4. The fourth-order valence-corrected chi connectivity index (χ4v) is 2.15. The Morgan fingerprint density at radius 1 is 1.16 bits per heavy atom. The van der Waals surface area contributed by atoms with Crippen LogP contribution in [0.1, 0.15) is 18.4 Å². The van der Waals surface area contributed by atoms with Crippen molar-refractivity contribution in [2.24, 2.45) is 11.5 Å². The number of carbonyl (C=O) groups excluding carboxylic acids is 2. The van der Waals surface area contributed by atoms with Crippen molar-refractivity contribution in [2.45, 2.75) is 31.3 Å². The van der Waals surface area contributed by atoms with E-state index in [0.29, 0.717) is 18.5 Å². The molecule has 0 unspecified atom stereocenters. The highest BCUT2D eigenvalue weighted by Gasteiger charge is 2.24. The fourth-order valence-electron chi connectivity index (χ4n) is 2.15. The van der Waals surface area contributed by atoms with E-state index in [4.69, 9.17) is 22.1 Å². The van der Waals surface area contributed by atoms with E-state index in [1.807, 2.05) is 5.48 Å². The van der Waals surface area contributed by atoms with E-state index in [-0.39, 0.29) is 24.6 Å². The number of primary amides is 1. The van der Waals surface area contributed by atoms with E-state index >= 15 is 0 Å². The highest BCUT2D eigenvalue weighted by Crippen LogP contribution is 2.11. The van der Waals surface area contributed by atoms with Crippen LogP contribution in [0.4, 0.5) is 0 Å². The van der Waals surface area contributed by atoms with Crippen LogP contribution in [-0.2, 0) is 16.0 Å². The molecule has 1 aromatic carbocycles. The second kappa shape index (κ2) is 10.1. The molecule has 1 rings (SSSR count). The van der Waals surface area contributed by atoms with Gasteiger partial charge in [-0.3, -0.25) is 15.0 Å². The van der Waals surface area contributed by atoms with Gasteiger partial charge in [-0.15, -0.1) is 0 Å². The zero-order valence-electron chi connectivity index (χ0n) is 13.7. The number of carbonyl (C=O) groups is 2. The third-order valence-corrected chi connectivity index (χ3v) is 3.49. The molecule has 0 heterocycles. The van der Waals surface area contributed by atoms with Crippen molar-refractivity contribution < 1.29 is 19.9 Å². The van der Waals surface area contributed by atoms with Crippen LogP contribution in [0.2, 0.25) is 0 Å². The lowest BCUT2D eigenvalue weighted by Crippen LogP contribution is -2.52. The Bertz CT molecular complexity index is 592. The molecule has 0 saturated heterocycles. The number of nitrogens with two attached hydrogens (primary N) is 2. The Morgan fingerprint density at radius 2 is 1.80 bits per heavy atom. The van der Waals surface area contributed by atoms with Gasteiger partial charge in [0.25, 0.3) is 0 Å². The summed E-state index contributed by atoms with van der Waals surface area (Å²) in [7, 11) is 0. The number of hydroxylamine groups is 1. The number of amides is 2. The summed E-state index contributed by atoms with van der Waals surface area (Å²) in [5.41, 5.74) is 13.1. The lowest BCUT2D eigenvalue weighted by atomic mass is 10.0. The van der Waals surface area contributed by atoms with Gasteiger partial charge in [-0.25, -0.2) is 0 Å². The standard InChI is InChI=1S/C15H24N6O4/c16-13(23)12(8-9-3-5-10(22)6-4-9)20-14(24)11(21-25)2-1-7-19-15(17)18/h3-6,11-12,21-22,25H,1-2,7-8H2,(H2,16,23)(H,20,24)(H4,17,18,19)/t11-,12-/m0/s1. The van der Waals surface area contributed by atoms with E-state index in [2.05, 4.69) is 10.6 Å². The summed E-state index contributed by atoms with van der Waals surface area (Å²) in [4.78, 5) is 23.8. The Hall–Kier alpha value is -2.85. The zero-order valence-corrected chi connectivity index (χ0v) is 13.7. The summed E-state index contributed by atoms with van der Waals surface area (Å²) in [6.07, 6.45) is 0.878. The van der Waals surface area contributed by atoms with Gasteiger partial charge in [0.05, 0.1) is 0 Å². The molecule has 0 fully saturated rings. The minimum absolute atomic E-state index is 0.0899. The van der Waals surface area contributed by atoms with Crippen molar-refractivity contribution in [3.05, 3.63) is 29.8 Å². The summed E-state index contributed by atoms with van der Waals surface area (Å²) >= 11 is 0. The Kier molecular flexibility index (Phi) is 8.16. The molecule has 10 nitrogen and oxygen atoms in total. The number of hydrogen-bond acceptors (Lipinski definition) is 6. The molecule has 2 amide bonds. The Labute approximate surface area is 145 Å². The number of guanidine groups is 1. The molecule has 10 N–H and O–H groups in total. The third kappa shape index (κ3) is 7.50. The SMILES string of the molecule is N=C(N)NCCC[C@H](NO)C(=O)N[C@@H](Cc1ccc(O)cc1)C(N)=O. The Balaban J connectivity index is 2.59. The van der Waals surface area contributed by atoms with Crippen molar-refractivity contribution in [3.63, 3.8) is 0 Å². The van der Waals surface area contributed by atoms with Crippen LogP contribution in [0, 0.1) is 5.41 Å². The monoisotopic (exact) mass is 352 g/mol. The van der Waals surface area contributed by atoms with Gasteiger partial charge in [0, 0.05) is 13.0 Å². The lowest BCUT2D eigenvalue weighted by Gasteiger charge is -2.20. The van der Waals surface area contributed by atoms with Gasteiger partial charge in [0.2, 0.25) is 11.8 Å². The molecule has 0 aromatic heterocycles. The largest absolute Gasteiger partial charge is 0.508 e. The average Bonchev–Trinajstić information content (AvgIpc) is 2.55. The molecule has 10 heteroatoms. The minimum Gasteiger partial charge on any atom is -0.508 e. The fraction of sp³-hybridized carbons (Fsp3) is 0.400. The number of phenols is 1. The van der Waals surface area contributed by atoms with Crippen LogP contribution < -0.4 is 27.6 Å². The number of aromatic hydroxyl groups is 1. The van der Waals surface area contributed by atoms with Gasteiger partial charge >= 0.3 is 0 Å². The second-order valence-corrected chi connectivity index (χ2v) is 5.50. The molecule has 1 aromatic rings. The van der Waals surface area contributed by atoms with E-state index in [1.54, 1.807) is 12.1 Å². The molecule has 138 valence electrons. The first-order valence-corrected chi connectivity index (χ1v) is 7.68. The first-order valence-electron chi connectivity index (χ1n) is 7.68. The number of benzene rings is 1. The molecular weight excluding hydrogens is 328 g/mol. The lowest BCUT2D eigenvalue weighted by molar-refractivity contribution is -0.130. The average molecular weight is 352 g/mol. The summed E-state index contributed by atoms with van der Waals surface area (Å²) < 4.78 is 0. The highest BCUT2D eigenvalue weighted by molar-refractivity contribution is 5.89. The van der Waals surface area contributed by atoms with Gasteiger partial charge in [-0.1, -0.05) is 12.1 Å². The maximum atomic E-state index is 12.2. The third-order valence-electron chi connectivity index (χ3n) is 3.49.